The third-order valence-electron chi connectivity index (χ3n) is 6.07. The van der Waals surface area contributed by atoms with E-state index in [1.54, 1.807) is 19.2 Å². The molecule has 0 amide bonds. The molecule has 5 rings (SSSR count). The van der Waals surface area contributed by atoms with Crippen molar-refractivity contribution < 1.29 is 33.9 Å². The summed E-state index contributed by atoms with van der Waals surface area (Å²) in [6, 6.07) is 24.1. The van der Waals surface area contributed by atoms with Crippen molar-refractivity contribution >= 4 is 11.8 Å². The van der Waals surface area contributed by atoms with Gasteiger partial charge in [-0.25, -0.2) is 0 Å². The lowest BCUT2D eigenvalue weighted by Crippen LogP contribution is -2.61. The number of hydrogen-bond acceptors (Lipinski definition) is 8. The number of aliphatic hydroxyl groups is 1. The molecular formula is C27H28O7S. The molecule has 2 aliphatic heterocycles. The summed E-state index contributed by atoms with van der Waals surface area (Å²) in [6.07, 6.45) is -3.23. The van der Waals surface area contributed by atoms with Crippen LogP contribution in [-0.2, 0) is 25.6 Å². The molecule has 7 nitrogen and oxygen atoms in total. The lowest BCUT2D eigenvalue weighted by Gasteiger charge is -2.47. The maximum Gasteiger partial charge on any atom is 0.184 e. The maximum absolute atomic E-state index is 11.4. The first kappa shape index (κ1) is 24.1. The summed E-state index contributed by atoms with van der Waals surface area (Å²) >= 11 is 1.43. The number of benzene rings is 3. The predicted octanol–water partition coefficient (Wildman–Crippen LogP) is 4.28. The fourth-order valence-electron chi connectivity index (χ4n) is 4.19. The predicted molar refractivity (Wildman–Crippen MR) is 130 cm³/mol. The molecule has 0 aromatic heterocycles. The average Bonchev–Trinajstić information content (AvgIpc) is 2.90. The van der Waals surface area contributed by atoms with Gasteiger partial charge in [0.2, 0.25) is 0 Å². The Bertz CT molecular complexity index is 1080. The molecule has 6 atom stereocenters. The molecule has 0 radical (unpaired) electrons. The van der Waals surface area contributed by atoms with E-state index in [-0.39, 0.29) is 12.4 Å². The summed E-state index contributed by atoms with van der Waals surface area (Å²) < 4.78 is 29.9. The zero-order valence-electron chi connectivity index (χ0n) is 19.2. The molecule has 2 saturated heterocycles. The molecule has 1 unspecified atom stereocenters. The van der Waals surface area contributed by atoms with Gasteiger partial charge < -0.3 is 33.9 Å². The summed E-state index contributed by atoms with van der Waals surface area (Å²) in [5.74, 6) is 0.952. The summed E-state index contributed by atoms with van der Waals surface area (Å²) in [7, 11) is 1.62. The van der Waals surface area contributed by atoms with E-state index in [4.69, 9.17) is 23.7 Å². The lowest BCUT2D eigenvalue weighted by molar-refractivity contribution is -0.322. The van der Waals surface area contributed by atoms with Gasteiger partial charge >= 0.3 is 0 Å². The Morgan fingerprint density at radius 1 is 0.943 bits per heavy atom. The molecule has 35 heavy (non-hydrogen) atoms. The molecule has 2 fully saturated rings. The second-order valence-electron chi connectivity index (χ2n) is 8.45. The van der Waals surface area contributed by atoms with Crippen LogP contribution >= 0.6 is 11.8 Å². The van der Waals surface area contributed by atoms with Crippen LogP contribution in [0.25, 0.3) is 0 Å². The number of fused-ring (bicyclic) bond motifs is 1. The van der Waals surface area contributed by atoms with Gasteiger partial charge in [0.25, 0.3) is 0 Å². The van der Waals surface area contributed by atoms with Crippen molar-refractivity contribution in [3.63, 3.8) is 0 Å². The summed E-state index contributed by atoms with van der Waals surface area (Å²) in [4.78, 5) is 0.885. The fraction of sp³-hybridized carbons (Fsp3) is 0.333. The van der Waals surface area contributed by atoms with Gasteiger partial charge in [-0.2, -0.15) is 0 Å². The first-order valence-electron chi connectivity index (χ1n) is 11.5. The van der Waals surface area contributed by atoms with E-state index in [1.165, 1.54) is 11.8 Å². The van der Waals surface area contributed by atoms with E-state index in [0.717, 1.165) is 21.8 Å². The molecule has 2 aliphatic rings. The number of methoxy groups -OCH3 is 1. The Labute approximate surface area is 208 Å². The second-order valence-corrected chi connectivity index (χ2v) is 9.62. The largest absolute Gasteiger partial charge is 0.508 e. The van der Waals surface area contributed by atoms with Gasteiger partial charge in [-0.1, -0.05) is 54.2 Å². The lowest BCUT2D eigenvalue weighted by atomic mass is 9.98. The molecule has 0 spiro atoms. The molecule has 2 N–H and O–H groups in total. The Kier molecular flexibility index (Phi) is 7.57. The minimum absolute atomic E-state index is 0.187. The highest BCUT2D eigenvalue weighted by atomic mass is 32.2. The number of rotatable bonds is 7. The normalized spacial score (nSPS) is 28.3. The number of ether oxygens (including phenoxy) is 5. The van der Waals surface area contributed by atoms with Crippen LogP contribution in [0.3, 0.4) is 0 Å². The van der Waals surface area contributed by atoms with Gasteiger partial charge in [0, 0.05) is 10.5 Å². The van der Waals surface area contributed by atoms with E-state index >= 15 is 0 Å². The first-order chi connectivity index (χ1) is 17.1. The van der Waals surface area contributed by atoms with Crippen LogP contribution in [-0.4, -0.2) is 53.8 Å². The summed E-state index contributed by atoms with van der Waals surface area (Å²) in [5, 5.41) is 21.1. The molecule has 3 aromatic rings. The van der Waals surface area contributed by atoms with Crippen molar-refractivity contribution in [2.24, 2.45) is 0 Å². The fourth-order valence-corrected chi connectivity index (χ4v) is 5.32. The third kappa shape index (κ3) is 5.64. The molecule has 0 aliphatic carbocycles. The molecule has 184 valence electrons. The van der Waals surface area contributed by atoms with E-state index in [0.29, 0.717) is 6.61 Å². The van der Waals surface area contributed by atoms with Crippen molar-refractivity contribution in [1.29, 1.82) is 0 Å². The van der Waals surface area contributed by atoms with Gasteiger partial charge in [0.1, 0.15) is 41.4 Å². The highest BCUT2D eigenvalue weighted by Gasteiger charge is 2.50. The highest BCUT2D eigenvalue weighted by Crippen LogP contribution is 2.40. The molecule has 0 bridgehead atoms. The van der Waals surface area contributed by atoms with Crippen LogP contribution in [0.2, 0.25) is 0 Å². The van der Waals surface area contributed by atoms with Crippen molar-refractivity contribution in [1.82, 2.24) is 0 Å². The van der Waals surface area contributed by atoms with Crippen LogP contribution in [0.4, 0.5) is 0 Å². The van der Waals surface area contributed by atoms with E-state index < -0.39 is 36.1 Å². The monoisotopic (exact) mass is 496 g/mol. The van der Waals surface area contributed by atoms with Crippen LogP contribution in [0.15, 0.2) is 83.8 Å². The number of aliphatic hydroxyl groups excluding tert-OH is 1. The SMILES string of the molecule is COc1ccc(CO[C@@H]2[C@@H](O)[C@H]3OC(c4ccccc4)OC[C@H]3O[C@H]2Sc2ccc(O)cc2)cc1. The van der Waals surface area contributed by atoms with Crippen molar-refractivity contribution in [3.05, 3.63) is 90.0 Å². The smallest absolute Gasteiger partial charge is 0.184 e. The number of aromatic hydroxyl groups is 1. The van der Waals surface area contributed by atoms with Gasteiger partial charge in [-0.15, -0.1) is 0 Å². The van der Waals surface area contributed by atoms with E-state index in [1.807, 2.05) is 66.7 Å². The number of phenols is 1. The van der Waals surface area contributed by atoms with Crippen LogP contribution in [0.1, 0.15) is 17.4 Å². The van der Waals surface area contributed by atoms with E-state index in [2.05, 4.69) is 0 Å². The molecule has 3 aromatic carbocycles. The Hall–Kier alpha value is -2.59. The van der Waals surface area contributed by atoms with Crippen LogP contribution in [0.5, 0.6) is 11.5 Å². The topological polar surface area (TPSA) is 86.6 Å². The maximum atomic E-state index is 11.4. The third-order valence-corrected chi connectivity index (χ3v) is 7.23. The van der Waals surface area contributed by atoms with Crippen molar-refractivity contribution in [3.8, 4) is 11.5 Å². The van der Waals surface area contributed by atoms with Crippen molar-refractivity contribution in [2.75, 3.05) is 13.7 Å². The number of phenolic OH excluding ortho intramolecular Hbond substituents is 1. The highest BCUT2D eigenvalue weighted by molar-refractivity contribution is 7.99. The quantitative estimate of drug-likeness (QED) is 0.501. The average molecular weight is 497 g/mol. The minimum atomic E-state index is -0.934. The van der Waals surface area contributed by atoms with E-state index in [9.17, 15) is 10.2 Å². The van der Waals surface area contributed by atoms with Gasteiger partial charge in [0.15, 0.2) is 6.29 Å². The molecule has 2 heterocycles. The minimum Gasteiger partial charge on any atom is -0.508 e. The summed E-state index contributed by atoms with van der Waals surface area (Å²) in [6.45, 7) is 0.580. The van der Waals surface area contributed by atoms with Gasteiger partial charge in [0.05, 0.1) is 20.3 Å². The van der Waals surface area contributed by atoms with Gasteiger partial charge in [-0.05, 0) is 42.0 Å². The zero-order valence-corrected chi connectivity index (χ0v) is 20.0. The number of thioether (sulfide) groups is 1. The molecular weight excluding hydrogens is 468 g/mol. The summed E-state index contributed by atoms with van der Waals surface area (Å²) in [5.41, 5.74) is 1.33. The Balaban J connectivity index is 1.34. The Morgan fingerprint density at radius 2 is 1.69 bits per heavy atom. The Morgan fingerprint density at radius 3 is 2.40 bits per heavy atom. The first-order valence-corrected chi connectivity index (χ1v) is 12.3. The van der Waals surface area contributed by atoms with Crippen LogP contribution < -0.4 is 4.74 Å². The van der Waals surface area contributed by atoms with Crippen molar-refractivity contribution in [2.45, 2.75) is 47.6 Å². The zero-order chi connectivity index (χ0) is 24.2. The molecule has 8 heteroatoms. The van der Waals surface area contributed by atoms with Gasteiger partial charge in [-0.3, -0.25) is 0 Å². The molecule has 0 saturated carbocycles. The van der Waals surface area contributed by atoms with Crippen LogP contribution in [0, 0.1) is 0 Å². The standard InChI is InChI=1S/C27H28O7S/c1-30-20-11-7-17(8-12-20)15-31-25-23(29)24-22(16-32-26(34-24)18-5-3-2-4-6-18)33-27(25)35-21-13-9-19(28)10-14-21/h2-14,22-29H,15-16H2,1H3/t22-,23+,24+,25-,26?,27+/m1/s1. The number of hydrogen-bond donors (Lipinski definition) is 2. The second kappa shape index (κ2) is 11.0.